The van der Waals surface area contributed by atoms with E-state index in [-0.39, 0.29) is 17.6 Å². The van der Waals surface area contributed by atoms with Gasteiger partial charge in [0.2, 0.25) is 11.8 Å². The van der Waals surface area contributed by atoms with Gasteiger partial charge >= 0.3 is 0 Å². The van der Waals surface area contributed by atoms with Gasteiger partial charge in [-0.05, 0) is 54.3 Å². The molecule has 2 aromatic rings. The molecule has 1 aromatic carbocycles. The first-order valence-corrected chi connectivity index (χ1v) is 13.6. The van der Waals surface area contributed by atoms with Crippen LogP contribution in [0.3, 0.4) is 0 Å². The van der Waals surface area contributed by atoms with Crippen LogP contribution >= 0.6 is 11.3 Å². The van der Waals surface area contributed by atoms with Crippen molar-refractivity contribution in [3.8, 4) is 5.75 Å². The van der Waals surface area contributed by atoms with Gasteiger partial charge in [-0.3, -0.25) is 14.5 Å². The van der Waals surface area contributed by atoms with Crippen LogP contribution in [0.4, 0.5) is 0 Å². The molecule has 1 unspecified atom stereocenters. The minimum absolute atomic E-state index is 0.0359. The van der Waals surface area contributed by atoms with E-state index in [1.807, 2.05) is 28.5 Å². The topological polar surface area (TPSA) is 72.9 Å². The van der Waals surface area contributed by atoms with E-state index in [0.717, 1.165) is 36.5 Å². The summed E-state index contributed by atoms with van der Waals surface area (Å²) in [6, 6.07) is 11.0. The number of carbonyl (C=O) groups excluding carboxylic acids is 2. The molecule has 2 amide bonds. The molecule has 1 spiro atoms. The molecule has 0 bridgehead atoms. The van der Waals surface area contributed by atoms with Crippen LogP contribution in [0.25, 0.3) is 0 Å². The lowest BCUT2D eigenvalue weighted by Gasteiger charge is -2.52. The number of phenols is 1. The Morgan fingerprint density at radius 1 is 1.00 bits per heavy atom. The second-order valence-corrected chi connectivity index (χ2v) is 11.3. The van der Waals surface area contributed by atoms with Crippen LogP contribution in [0.2, 0.25) is 0 Å². The van der Waals surface area contributed by atoms with Crippen molar-refractivity contribution in [3.05, 3.63) is 52.2 Å². The average molecular weight is 482 g/mol. The first-order valence-electron chi connectivity index (χ1n) is 12.7. The fraction of sp³-hybridized carbons (Fsp3) is 0.556. The third-order valence-corrected chi connectivity index (χ3v) is 8.88. The van der Waals surface area contributed by atoms with Gasteiger partial charge in [0.15, 0.2) is 0 Å². The van der Waals surface area contributed by atoms with Crippen molar-refractivity contribution < 1.29 is 14.7 Å². The third-order valence-electron chi connectivity index (χ3n) is 8.02. The largest absolute Gasteiger partial charge is 0.508 e. The summed E-state index contributed by atoms with van der Waals surface area (Å²) in [5, 5.41) is 14.8. The van der Waals surface area contributed by atoms with Crippen LogP contribution in [0.1, 0.15) is 61.8 Å². The molecule has 6 nitrogen and oxygen atoms in total. The second kappa shape index (κ2) is 10.1. The van der Waals surface area contributed by atoms with Gasteiger partial charge in [-0.25, -0.2) is 0 Å². The molecule has 34 heavy (non-hydrogen) atoms. The van der Waals surface area contributed by atoms with Gasteiger partial charge in [0.25, 0.3) is 0 Å². The maximum Gasteiger partial charge on any atom is 0.246 e. The van der Waals surface area contributed by atoms with Gasteiger partial charge < -0.3 is 15.3 Å². The second-order valence-electron chi connectivity index (χ2n) is 10.2. The normalized spacial score (nSPS) is 23.9. The van der Waals surface area contributed by atoms with E-state index in [0.29, 0.717) is 25.3 Å². The average Bonchev–Trinajstić information content (AvgIpc) is 3.37. The number of benzene rings is 1. The highest BCUT2D eigenvalue weighted by Crippen LogP contribution is 2.37. The summed E-state index contributed by atoms with van der Waals surface area (Å²) < 4.78 is 0. The molecular formula is C27H35N3O3S. The number of nitrogens with one attached hydrogen (secondary N) is 1. The van der Waals surface area contributed by atoms with Crippen LogP contribution < -0.4 is 5.32 Å². The number of likely N-dealkylation sites (tertiary alicyclic amines) is 1. The summed E-state index contributed by atoms with van der Waals surface area (Å²) in [5.41, 5.74) is 0.371. The van der Waals surface area contributed by atoms with Gasteiger partial charge in [0, 0.05) is 24.5 Å². The maximum absolute atomic E-state index is 13.8. The third kappa shape index (κ3) is 4.86. The molecule has 3 fully saturated rings. The summed E-state index contributed by atoms with van der Waals surface area (Å²) >= 11 is 1.65. The van der Waals surface area contributed by atoms with Crippen molar-refractivity contribution in [3.63, 3.8) is 0 Å². The highest BCUT2D eigenvalue weighted by molar-refractivity contribution is 7.09. The molecular weight excluding hydrogens is 446 g/mol. The van der Waals surface area contributed by atoms with E-state index in [1.165, 1.54) is 32.1 Å². The highest BCUT2D eigenvalue weighted by Gasteiger charge is 2.53. The molecule has 2 saturated heterocycles. The summed E-state index contributed by atoms with van der Waals surface area (Å²) in [7, 11) is 0. The number of thiophene rings is 1. The van der Waals surface area contributed by atoms with Crippen molar-refractivity contribution in [1.82, 2.24) is 15.1 Å². The standard InChI is InChI=1S/C27H35N3O3S/c31-22-10-8-21(9-11-22)18-29-14-12-27(13-15-29)26(33)28-24(17-20-5-2-1-3-6-20)25(32)30(27)19-23-7-4-16-34-23/h4,7-11,16,20,24,31H,1-3,5-6,12-15,17-19H2,(H,28,33). The van der Waals surface area contributed by atoms with Crippen LogP contribution in [0.5, 0.6) is 5.75 Å². The minimum Gasteiger partial charge on any atom is -0.508 e. The van der Waals surface area contributed by atoms with Crippen LogP contribution in [-0.2, 0) is 22.7 Å². The predicted molar refractivity (Wildman–Crippen MR) is 133 cm³/mol. The van der Waals surface area contributed by atoms with E-state index < -0.39 is 11.6 Å². The molecule has 3 heterocycles. The lowest BCUT2D eigenvalue weighted by Crippen LogP contribution is -2.72. The molecule has 1 aliphatic carbocycles. The molecule has 1 atom stereocenters. The van der Waals surface area contributed by atoms with Crippen molar-refractivity contribution >= 4 is 23.2 Å². The first kappa shape index (κ1) is 23.4. The Kier molecular flexibility index (Phi) is 6.93. The molecule has 182 valence electrons. The molecule has 3 aliphatic rings. The zero-order valence-corrected chi connectivity index (χ0v) is 20.6. The summed E-state index contributed by atoms with van der Waals surface area (Å²) in [4.78, 5) is 32.9. The molecule has 7 heteroatoms. The van der Waals surface area contributed by atoms with E-state index in [4.69, 9.17) is 0 Å². The maximum atomic E-state index is 13.8. The van der Waals surface area contributed by atoms with Crippen LogP contribution in [-0.4, -0.2) is 51.4 Å². The first-order chi connectivity index (χ1) is 16.5. The Balaban J connectivity index is 1.32. The number of phenolic OH excluding ortho intramolecular Hbond substituents is 1. The number of hydrogen-bond donors (Lipinski definition) is 2. The Bertz CT molecular complexity index is 977. The number of carbonyl (C=O) groups is 2. The molecule has 2 N–H and O–H groups in total. The molecule has 0 radical (unpaired) electrons. The fourth-order valence-electron chi connectivity index (χ4n) is 6.02. The lowest BCUT2D eigenvalue weighted by molar-refractivity contribution is -0.162. The number of piperazine rings is 1. The molecule has 1 saturated carbocycles. The quantitative estimate of drug-likeness (QED) is 0.646. The molecule has 2 aliphatic heterocycles. The van der Waals surface area contributed by atoms with Gasteiger partial charge in [0.1, 0.15) is 17.3 Å². The minimum atomic E-state index is -0.768. The van der Waals surface area contributed by atoms with Gasteiger partial charge in [-0.1, -0.05) is 50.3 Å². The number of rotatable bonds is 6. The van der Waals surface area contributed by atoms with Crippen molar-refractivity contribution in [1.29, 1.82) is 0 Å². The number of amides is 2. The zero-order chi connectivity index (χ0) is 23.5. The Morgan fingerprint density at radius 3 is 2.41 bits per heavy atom. The van der Waals surface area contributed by atoms with E-state index in [9.17, 15) is 14.7 Å². The van der Waals surface area contributed by atoms with Crippen LogP contribution in [0.15, 0.2) is 41.8 Å². The van der Waals surface area contributed by atoms with E-state index in [1.54, 1.807) is 23.5 Å². The number of aromatic hydroxyl groups is 1. The lowest BCUT2D eigenvalue weighted by atomic mass is 9.79. The van der Waals surface area contributed by atoms with Crippen molar-refractivity contribution in [2.75, 3.05) is 13.1 Å². The Labute approximate surface area is 206 Å². The highest BCUT2D eigenvalue weighted by atomic mass is 32.1. The Morgan fingerprint density at radius 2 is 1.74 bits per heavy atom. The number of nitrogens with zero attached hydrogens (tertiary/aromatic N) is 2. The van der Waals surface area contributed by atoms with E-state index >= 15 is 0 Å². The monoisotopic (exact) mass is 481 g/mol. The SMILES string of the molecule is O=C1C(CC2CCCCC2)NC(=O)C2(CCN(Cc3ccc(O)cc3)CC2)N1Cc1cccs1. The summed E-state index contributed by atoms with van der Waals surface area (Å²) in [6.45, 7) is 2.82. The fourth-order valence-corrected chi connectivity index (χ4v) is 6.71. The van der Waals surface area contributed by atoms with Gasteiger partial charge in [0.05, 0.1) is 6.54 Å². The molecule has 1 aromatic heterocycles. The van der Waals surface area contributed by atoms with Crippen LogP contribution in [0, 0.1) is 5.92 Å². The van der Waals surface area contributed by atoms with Gasteiger partial charge in [-0.2, -0.15) is 0 Å². The van der Waals surface area contributed by atoms with Crippen molar-refractivity contribution in [2.45, 2.75) is 76.0 Å². The summed E-state index contributed by atoms with van der Waals surface area (Å²) in [5.74, 6) is 0.942. The zero-order valence-electron chi connectivity index (χ0n) is 19.7. The number of hydrogen-bond acceptors (Lipinski definition) is 5. The van der Waals surface area contributed by atoms with Gasteiger partial charge in [-0.15, -0.1) is 11.3 Å². The predicted octanol–water partition coefficient (Wildman–Crippen LogP) is 4.29. The summed E-state index contributed by atoms with van der Waals surface area (Å²) in [6.07, 6.45) is 8.15. The molecule has 5 rings (SSSR count). The van der Waals surface area contributed by atoms with E-state index in [2.05, 4.69) is 16.3 Å². The smallest absolute Gasteiger partial charge is 0.246 e. The van der Waals surface area contributed by atoms with Crippen molar-refractivity contribution in [2.24, 2.45) is 5.92 Å². The Hall–Kier alpha value is -2.38. The number of piperidine rings is 1.